The zero-order valence-corrected chi connectivity index (χ0v) is 11.5. The van der Waals surface area contributed by atoms with Gasteiger partial charge in [0.2, 0.25) is 9.84 Å². The summed E-state index contributed by atoms with van der Waals surface area (Å²) in [6.07, 6.45) is 1.07. The third-order valence-electron chi connectivity index (χ3n) is 2.59. The molecule has 8 heteroatoms. The van der Waals surface area contributed by atoms with E-state index in [2.05, 4.69) is 4.74 Å². The molecule has 0 amide bonds. The number of aromatic nitrogens is 1. The summed E-state index contributed by atoms with van der Waals surface area (Å²) < 4.78 is 53.0. The van der Waals surface area contributed by atoms with E-state index in [1.54, 1.807) is 0 Å². The Morgan fingerprint density at radius 2 is 1.95 bits per heavy atom. The largest absolute Gasteiger partial charge is 0.618 e. The molecule has 0 aliphatic carbocycles. The zero-order valence-electron chi connectivity index (χ0n) is 10.6. The monoisotopic (exact) mass is 315 g/mol. The van der Waals surface area contributed by atoms with E-state index in [-0.39, 0.29) is 16.0 Å². The molecule has 5 nitrogen and oxygen atoms in total. The number of hydrogen-bond acceptors (Lipinski definition) is 4. The lowest BCUT2D eigenvalue weighted by Gasteiger charge is -2.08. The SMILES string of the molecule is O=S(=O)(Cc1cccc(OC(F)F)c1)c1cccc[n+]1[O-]. The number of ether oxygens (including phenoxy) is 1. The average molecular weight is 315 g/mol. The molecule has 1 aromatic heterocycles. The lowest BCUT2D eigenvalue weighted by Crippen LogP contribution is -2.33. The van der Waals surface area contributed by atoms with Crippen molar-refractivity contribution in [1.29, 1.82) is 0 Å². The number of rotatable bonds is 5. The van der Waals surface area contributed by atoms with E-state index in [1.807, 2.05) is 0 Å². The summed E-state index contributed by atoms with van der Waals surface area (Å²) in [7, 11) is -3.88. The van der Waals surface area contributed by atoms with Crippen molar-refractivity contribution in [2.75, 3.05) is 0 Å². The van der Waals surface area contributed by atoms with E-state index < -0.39 is 27.2 Å². The first kappa shape index (κ1) is 15.2. The Morgan fingerprint density at radius 1 is 1.19 bits per heavy atom. The van der Waals surface area contributed by atoms with Crippen molar-refractivity contribution in [3.8, 4) is 5.75 Å². The van der Waals surface area contributed by atoms with Gasteiger partial charge in [-0.05, 0) is 23.8 Å². The summed E-state index contributed by atoms with van der Waals surface area (Å²) in [5, 5.41) is 11.1. The predicted molar refractivity (Wildman–Crippen MR) is 69.4 cm³/mol. The summed E-state index contributed by atoms with van der Waals surface area (Å²) in [6, 6.07) is 9.36. The highest BCUT2D eigenvalue weighted by molar-refractivity contribution is 7.90. The summed E-state index contributed by atoms with van der Waals surface area (Å²) in [6.45, 7) is -2.99. The molecular formula is C13H11F2NO4S. The van der Waals surface area contributed by atoms with Gasteiger partial charge in [0.25, 0.3) is 0 Å². The van der Waals surface area contributed by atoms with Crippen molar-refractivity contribution >= 4 is 9.84 Å². The second kappa shape index (κ2) is 6.04. The number of hydrogen-bond donors (Lipinski definition) is 0. The molecule has 0 fully saturated rings. The summed E-state index contributed by atoms with van der Waals surface area (Å²) in [5.74, 6) is -0.625. The van der Waals surface area contributed by atoms with Crippen molar-refractivity contribution in [2.24, 2.45) is 0 Å². The van der Waals surface area contributed by atoms with Gasteiger partial charge in [-0.15, -0.1) is 0 Å². The lowest BCUT2D eigenvalue weighted by molar-refractivity contribution is -0.646. The Labute approximate surface area is 119 Å². The molecule has 0 saturated heterocycles. The number of sulfone groups is 1. The van der Waals surface area contributed by atoms with Crippen LogP contribution in [0.4, 0.5) is 8.78 Å². The smallest absolute Gasteiger partial charge is 0.387 e. The highest BCUT2D eigenvalue weighted by Crippen LogP contribution is 2.19. The van der Waals surface area contributed by atoms with E-state index in [0.29, 0.717) is 0 Å². The molecule has 0 N–H and O–H groups in total. The standard InChI is InChI=1S/C13H11F2NO4S/c14-13(15)20-11-5-3-4-10(8-11)9-21(18,19)12-6-1-2-7-16(12)17/h1-8,13H,9H2. The number of nitrogens with zero attached hydrogens (tertiary/aromatic N) is 1. The van der Waals surface area contributed by atoms with Gasteiger partial charge in [0.05, 0.1) is 5.75 Å². The minimum atomic E-state index is -3.88. The fraction of sp³-hybridized carbons (Fsp3) is 0.154. The molecule has 2 rings (SSSR count). The van der Waals surface area contributed by atoms with Crippen LogP contribution < -0.4 is 9.47 Å². The molecule has 1 heterocycles. The van der Waals surface area contributed by atoms with E-state index in [1.165, 1.54) is 42.5 Å². The Kier molecular flexibility index (Phi) is 4.37. The van der Waals surface area contributed by atoms with Crippen LogP contribution in [-0.4, -0.2) is 15.0 Å². The second-order valence-corrected chi connectivity index (χ2v) is 6.09. The maximum absolute atomic E-state index is 12.1. The molecule has 0 bridgehead atoms. The van der Waals surface area contributed by atoms with Crippen molar-refractivity contribution in [1.82, 2.24) is 0 Å². The molecule has 1 aromatic carbocycles. The lowest BCUT2D eigenvalue weighted by atomic mass is 10.2. The van der Waals surface area contributed by atoms with Crippen LogP contribution in [0.2, 0.25) is 0 Å². The molecule has 2 aromatic rings. The normalized spacial score (nSPS) is 11.6. The van der Waals surface area contributed by atoms with Gasteiger partial charge >= 0.3 is 11.6 Å². The highest BCUT2D eigenvalue weighted by Gasteiger charge is 2.23. The molecular weight excluding hydrogens is 304 g/mol. The minimum Gasteiger partial charge on any atom is -0.618 e. The van der Waals surface area contributed by atoms with Crippen LogP contribution in [0.15, 0.2) is 53.7 Å². The maximum Gasteiger partial charge on any atom is 0.387 e. The van der Waals surface area contributed by atoms with Crippen LogP contribution in [0, 0.1) is 5.21 Å². The Morgan fingerprint density at radius 3 is 2.62 bits per heavy atom. The fourth-order valence-electron chi connectivity index (χ4n) is 1.76. The zero-order chi connectivity index (χ0) is 15.5. The van der Waals surface area contributed by atoms with Gasteiger partial charge in [0, 0.05) is 12.1 Å². The predicted octanol–water partition coefficient (Wildman–Crippen LogP) is 1.90. The van der Waals surface area contributed by atoms with Crippen molar-refractivity contribution in [2.45, 2.75) is 17.4 Å². The number of halogens is 2. The van der Waals surface area contributed by atoms with Crippen molar-refractivity contribution in [3.05, 3.63) is 59.4 Å². The molecule has 0 saturated carbocycles. The third kappa shape index (κ3) is 3.88. The first-order valence-electron chi connectivity index (χ1n) is 5.83. The van der Waals surface area contributed by atoms with Crippen LogP contribution in [0.5, 0.6) is 5.75 Å². The van der Waals surface area contributed by atoms with Gasteiger partial charge in [0.1, 0.15) is 5.75 Å². The minimum absolute atomic E-state index is 0.138. The van der Waals surface area contributed by atoms with E-state index in [0.717, 1.165) is 6.20 Å². The average Bonchev–Trinajstić information content (AvgIpc) is 2.38. The summed E-state index contributed by atoms with van der Waals surface area (Å²) >= 11 is 0. The Hall–Kier alpha value is -2.22. The third-order valence-corrected chi connectivity index (χ3v) is 4.25. The Balaban J connectivity index is 2.27. The van der Waals surface area contributed by atoms with Gasteiger partial charge in [-0.3, -0.25) is 0 Å². The molecule has 0 spiro atoms. The van der Waals surface area contributed by atoms with Gasteiger partial charge in [-0.25, -0.2) is 8.42 Å². The quantitative estimate of drug-likeness (QED) is 0.624. The van der Waals surface area contributed by atoms with E-state index in [4.69, 9.17) is 0 Å². The molecule has 0 aliphatic rings. The van der Waals surface area contributed by atoms with Crippen LogP contribution in [0.25, 0.3) is 0 Å². The first-order chi connectivity index (χ1) is 9.88. The van der Waals surface area contributed by atoms with E-state index in [9.17, 15) is 22.4 Å². The fourth-order valence-corrected chi connectivity index (χ4v) is 3.15. The molecule has 112 valence electrons. The van der Waals surface area contributed by atoms with Gasteiger partial charge in [-0.1, -0.05) is 12.1 Å². The van der Waals surface area contributed by atoms with Crippen LogP contribution in [0.3, 0.4) is 0 Å². The van der Waals surface area contributed by atoms with Crippen LogP contribution >= 0.6 is 0 Å². The molecule has 0 atom stereocenters. The second-order valence-electron chi connectivity index (χ2n) is 4.15. The van der Waals surface area contributed by atoms with Crippen LogP contribution in [-0.2, 0) is 15.6 Å². The Bertz CT molecular complexity index is 734. The van der Waals surface area contributed by atoms with E-state index >= 15 is 0 Å². The topological polar surface area (TPSA) is 70.3 Å². The van der Waals surface area contributed by atoms with Gasteiger partial charge in [0.15, 0.2) is 6.20 Å². The summed E-state index contributed by atoms with van der Waals surface area (Å²) in [4.78, 5) is 0. The number of pyridine rings is 1. The highest BCUT2D eigenvalue weighted by atomic mass is 32.2. The maximum atomic E-state index is 12.1. The molecule has 0 unspecified atom stereocenters. The van der Waals surface area contributed by atoms with Crippen molar-refractivity contribution in [3.63, 3.8) is 0 Å². The van der Waals surface area contributed by atoms with Gasteiger partial charge < -0.3 is 9.94 Å². The number of benzene rings is 1. The van der Waals surface area contributed by atoms with Crippen LogP contribution in [0.1, 0.15) is 5.56 Å². The number of alkyl halides is 2. The first-order valence-corrected chi connectivity index (χ1v) is 7.48. The summed E-state index contributed by atoms with van der Waals surface area (Å²) in [5.41, 5.74) is 0.247. The molecule has 0 radical (unpaired) electrons. The van der Waals surface area contributed by atoms with Crippen molar-refractivity contribution < 1.29 is 26.7 Å². The molecule has 0 aliphatic heterocycles. The van der Waals surface area contributed by atoms with Gasteiger partial charge in [-0.2, -0.15) is 13.5 Å². The molecule has 21 heavy (non-hydrogen) atoms.